The van der Waals surface area contributed by atoms with Gasteiger partial charge in [-0.05, 0) is 30.5 Å². The Bertz CT molecular complexity index is 733. The van der Waals surface area contributed by atoms with Gasteiger partial charge in [-0.25, -0.2) is 9.97 Å². The van der Waals surface area contributed by atoms with Crippen molar-refractivity contribution in [3.63, 3.8) is 0 Å². The standard InChI is InChI=1S/C17H17F3N4O2/c18-17(19,20)10-26-15-7-21-16(22-8-15)24-13-4-1-12(2-5-13)3-6-14-9-25-11-23-14/h1-2,4-5,7-8,11,14H,3,6,9-10H2,(H,21,22,24)/t14-/m0/s1. The van der Waals surface area contributed by atoms with Gasteiger partial charge in [-0.1, -0.05) is 12.1 Å². The molecule has 1 aliphatic rings. The molecule has 2 heterocycles. The highest BCUT2D eigenvalue weighted by Crippen LogP contribution is 2.19. The zero-order valence-corrected chi connectivity index (χ0v) is 13.7. The lowest BCUT2D eigenvalue weighted by atomic mass is 10.1. The minimum absolute atomic E-state index is 0.0400. The molecule has 0 saturated heterocycles. The quantitative estimate of drug-likeness (QED) is 0.812. The lowest BCUT2D eigenvalue weighted by Crippen LogP contribution is -2.19. The molecule has 0 unspecified atom stereocenters. The van der Waals surface area contributed by atoms with Gasteiger partial charge in [0.1, 0.15) is 6.61 Å². The van der Waals surface area contributed by atoms with Crippen molar-refractivity contribution >= 4 is 18.0 Å². The lowest BCUT2D eigenvalue weighted by molar-refractivity contribution is -0.153. The van der Waals surface area contributed by atoms with Crippen LogP contribution in [0.25, 0.3) is 0 Å². The Morgan fingerprint density at radius 1 is 1.15 bits per heavy atom. The largest absolute Gasteiger partial charge is 0.481 e. The summed E-state index contributed by atoms with van der Waals surface area (Å²) >= 11 is 0. The molecule has 0 amide bonds. The monoisotopic (exact) mass is 366 g/mol. The van der Waals surface area contributed by atoms with Crippen LogP contribution in [0.5, 0.6) is 5.75 Å². The summed E-state index contributed by atoms with van der Waals surface area (Å²) in [6.07, 6.45) is 1.31. The Balaban J connectivity index is 1.49. The second kappa shape index (κ2) is 8.03. The normalized spacial score (nSPS) is 16.3. The number of halogens is 3. The van der Waals surface area contributed by atoms with Crippen LogP contribution in [0.15, 0.2) is 41.7 Å². The minimum Gasteiger partial charge on any atom is -0.481 e. The molecule has 6 nitrogen and oxygen atoms in total. The van der Waals surface area contributed by atoms with Crippen molar-refractivity contribution < 1.29 is 22.6 Å². The third-order valence-electron chi connectivity index (χ3n) is 3.64. The fraction of sp³-hybridized carbons (Fsp3) is 0.353. The Morgan fingerprint density at radius 2 is 1.88 bits per heavy atom. The van der Waals surface area contributed by atoms with Crippen molar-refractivity contribution in [2.24, 2.45) is 4.99 Å². The number of alkyl halides is 3. The van der Waals surface area contributed by atoms with Crippen LogP contribution < -0.4 is 10.1 Å². The maximum absolute atomic E-state index is 12.1. The summed E-state index contributed by atoms with van der Waals surface area (Å²) in [6.45, 7) is -0.734. The van der Waals surface area contributed by atoms with Crippen LogP contribution in [0.4, 0.5) is 24.8 Å². The molecule has 0 fully saturated rings. The van der Waals surface area contributed by atoms with Crippen LogP contribution in [-0.4, -0.2) is 41.8 Å². The van der Waals surface area contributed by atoms with Gasteiger partial charge in [0.2, 0.25) is 5.95 Å². The number of ether oxygens (including phenoxy) is 2. The first-order valence-corrected chi connectivity index (χ1v) is 7.99. The number of aliphatic imine (C=N–C) groups is 1. The molecular weight excluding hydrogens is 349 g/mol. The Morgan fingerprint density at radius 3 is 2.50 bits per heavy atom. The number of aromatic nitrogens is 2. The predicted octanol–water partition coefficient (Wildman–Crippen LogP) is 3.52. The van der Waals surface area contributed by atoms with E-state index in [1.165, 1.54) is 24.4 Å². The van der Waals surface area contributed by atoms with Crippen molar-refractivity contribution in [2.45, 2.75) is 25.1 Å². The Kier molecular flexibility index (Phi) is 5.55. The summed E-state index contributed by atoms with van der Waals surface area (Å²) in [7, 11) is 0. The van der Waals surface area contributed by atoms with Crippen LogP contribution in [0, 0.1) is 0 Å². The highest BCUT2D eigenvalue weighted by Gasteiger charge is 2.28. The zero-order valence-electron chi connectivity index (χ0n) is 13.7. The van der Waals surface area contributed by atoms with Crippen LogP contribution in [0.3, 0.4) is 0 Å². The van der Waals surface area contributed by atoms with Gasteiger partial charge in [0, 0.05) is 5.69 Å². The molecule has 1 aromatic heterocycles. The van der Waals surface area contributed by atoms with Gasteiger partial charge in [-0.15, -0.1) is 0 Å². The highest BCUT2D eigenvalue weighted by molar-refractivity contribution is 5.53. The van der Waals surface area contributed by atoms with Gasteiger partial charge in [-0.2, -0.15) is 13.2 Å². The minimum atomic E-state index is -4.39. The van der Waals surface area contributed by atoms with Gasteiger partial charge >= 0.3 is 6.18 Å². The number of nitrogens with zero attached hydrogens (tertiary/aromatic N) is 3. The van der Waals surface area contributed by atoms with Gasteiger partial charge in [0.15, 0.2) is 18.8 Å². The number of nitrogens with one attached hydrogen (secondary N) is 1. The predicted molar refractivity (Wildman–Crippen MR) is 89.9 cm³/mol. The third-order valence-corrected chi connectivity index (χ3v) is 3.64. The fourth-order valence-electron chi connectivity index (χ4n) is 2.32. The Hall–Kier alpha value is -2.84. The molecule has 1 aliphatic heterocycles. The van der Waals surface area contributed by atoms with Crippen molar-refractivity contribution in [3.8, 4) is 5.75 Å². The van der Waals surface area contributed by atoms with Crippen LogP contribution in [0.2, 0.25) is 0 Å². The molecule has 0 bridgehead atoms. The SMILES string of the molecule is FC(F)(F)COc1cnc(Nc2ccc(CC[C@H]3COC=N3)cc2)nc1. The maximum Gasteiger partial charge on any atom is 0.422 e. The molecule has 1 atom stereocenters. The molecule has 0 aliphatic carbocycles. The molecule has 0 saturated carbocycles. The second-order valence-corrected chi connectivity index (χ2v) is 5.75. The van der Waals surface area contributed by atoms with Crippen molar-refractivity contribution in [1.82, 2.24) is 9.97 Å². The molecule has 1 aromatic carbocycles. The number of aryl methyl sites for hydroxylation is 1. The third kappa shape index (κ3) is 5.61. The van der Waals surface area contributed by atoms with Crippen molar-refractivity contribution in [3.05, 3.63) is 42.2 Å². The highest BCUT2D eigenvalue weighted by atomic mass is 19.4. The van der Waals surface area contributed by atoms with Crippen LogP contribution in [-0.2, 0) is 11.2 Å². The number of benzene rings is 1. The number of rotatable bonds is 7. The van der Waals surface area contributed by atoms with Crippen LogP contribution >= 0.6 is 0 Å². The fourth-order valence-corrected chi connectivity index (χ4v) is 2.32. The summed E-state index contributed by atoms with van der Waals surface area (Å²) in [6, 6.07) is 7.98. The van der Waals surface area contributed by atoms with E-state index in [0.29, 0.717) is 6.61 Å². The molecule has 26 heavy (non-hydrogen) atoms. The van der Waals surface area contributed by atoms with E-state index in [9.17, 15) is 13.2 Å². The maximum atomic E-state index is 12.1. The number of anilines is 2. The van der Waals surface area contributed by atoms with Crippen molar-refractivity contribution in [1.29, 1.82) is 0 Å². The topological polar surface area (TPSA) is 68.6 Å². The molecule has 0 spiro atoms. The van der Waals surface area contributed by atoms with E-state index in [4.69, 9.17) is 4.74 Å². The molecular formula is C17H17F3N4O2. The van der Waals surface area contributed by atoms with Gasteiger partial charge in [-0.3, -0.25) is 4.99 Å². The summed E-state index contributed by atoms with van der Waals surface area (Å²) < 4.78 is 45.9. The first-order chi connectivity index (χ1) is 12.5. The van der Waals surface area contributed by atoms with E-state index < -0.39 is 12.8 Å². The molecule has 3 rings (SSSR count). The molecule has 2 aromatic rings. The lowest BCUT2D eigenvalue weighted by Gasteiger charge is -2.10. The van der Waals surface area contributed by atoms with Gasteiger partial charge in [0.05, 0.1) is 18.4 Å². The second-order valence-electron chi connectivity index (χ2n) is 5.75. The van der Waals surface area contributed by atoms with Gasteiger partial charge in [0.25, 0.3) is 0 Å². The molecule has 1 N–H and O–H groups in total. The smallest absolute Gasteiger partial charge is 0.422 e. The summed E-state index contributed by atoms with van der Waals surface area (Å²) in [5.41, 5.74) is 1.95. The zero-order chi connectivity index (χ0) is 18.4. The van der Waals surface area contributed by atoms with E-state index in [1.807, 2.05) is 24.3 Å². The first-order valence-electron chi connectivity index (χ1n) is 7.99. The van der Waals surface area contributed by atoms with Crippen molar-refractivity contribution in [2.75, 3.05) is 18.5 Å². The van der Waals surface area contributed by atoms with Crippen LogP contribution in [0.1, 0.15) is 12.0 Å². The van der Waals surface area contributed by atoms with Gasteiger partial charge < -0.3 is 14.8 Å². The summed E-state index contributed by atoms with van der Waals surface area (Å²) in [5, 5.41) is 2.98. The van der Waals surface area contributed by atoms with E-state index in [-0.39, 0.29) is 17.7 Å². The molecule has 9 heteroatoms. The molecule has 138 valence electrons. The Labute approximate surface area is 148 Å². The average molecular weight is 366 g/mol. The first kappa shape index (κ1) is 18.0. The number of hydrogen-bond acceptors (Lipinski definition) is 6. The van der Waals surface area contributed by atoms with E-state index >= 15 is 0 Å². The van der Waals surface area contributed by atoms with E-state index in [1.54, 1.807) is 0 Å². The average Bonchev–Trinajstić information content (AvgIpc) is 3.13. The number of hydrogen-bond donors (Lipinski definition) is 1. The molecule has 0 radical (unpaired) electrons. The summed E-state index contributed by atoms with van der Waals surface area (Å²) in [5.74, 6) is 0.233. The van der Waals surface area contributed by atoms with E-state index in [0.717, 1.165) is 18.5 Å². The summed E-state index contributed by atoms with van der Waals surface area (Å²) in [4.78, 5) is 12.1. The van der Waals surface area contributed by atoms with E-state index in [2.05, 4.69) is 25.0 Å².